The molecule has 0 aliphatic carbocycles. The van der Waals surface area contributed by atoms with Gasteiger partial charge in [0, 0.05) is 31.0 Å². The molecule has 0 saturated carbocycles. The molecule has 132 valence electrons. The second kappa shape index (κ2) is 8.65. The summed E-state index contributed by atoms with van der Waals surface area (Å²) in [7, 11) is 0. The van der Waals surface area contributed by atoms with Crippen LogP contribution in [0.2, 0.25) is 10.0 Å². The predicted octanol–water partition coefficient (Wildman–Crippen LogP) is 4.03. The molecule has 1 aromatic carbocycles. The summed E-state index contributed by atoms with van der Waals surface area (Å²) in [6, 6.07) is 9.03. The number of pyridine rings is 1. The molecule has 0 unspecified atom stereocenters. The molecular formula is C19H21Cl2N3O. The van der Waals surface area contributed by atoms with Gasteiger partial charge in [-0.2, -0.15) is 0 Å². The Hall–Kier alpha value is -1.62. The fraction of sp³-hybridized carbons (Fsp3) is 0.368. The highest BCUT2D eigenvalue weighted by molar-refractivity contribution is 6.42. The molecule has 0 bridgehead atoms. The molecular weight excluding hydrogens is 357 g/mol. The van der Waals surface area contributed by atoms with E-state index in [0.29, 0.717) is 28.1 Å². The number of carbonyl (C=O) groups is 1. The summed E-state index contributed by atoms with van der Waals surface area (Å²) >= 11 is 11.9. The predicted molar refractivity (Wildman–Crippen MR) is 101 cm³/mol. The Labute approximate surface area is 158 Å². The third kappa shape index (κ3) is 5.18. The number of hydrogen-bond donors (Lipinski definition) is 1. The average Bonchev–Trinajstić information content (AvgIpc) is 2.64. The number of amides is 1. The Morgan fingerprint density at radius 2 is 2.00 bits per heavy atom. The number of hydrogen-bond acceptors (Lipinski definition) is 3. The minimum atomic E-state index is -0.101. The zero-order valence-corrected chi connectivity index (χ0v) is 15.4. The van der Waals surface area contributed by atoms with Crippen LogP contribution in [0.4, 0.5) is 0 Å². The maximum atomic E-state index is 12.2. The molecule has 1 fully saturated rings. The first-order chi connectivity index (χ1) is 12.1. The molecule has 1 aliphatic heterocycles. The van der Waals surface area contributed by atoms with Crippen LogP contribution in [-0.2, 0) is 6.54 Å². The zero-order valence-electron chi connectivity index (χ0n) is 13.9. The van der Waals surface area contributed by atoms with E-state index >= 15 is 0 Å². The van der Waals surface area contributed by atoms with Crippen molar-refractivity contribution in [3.05, 3.63) is 63.9 Å². The lowest BCUT2D eigenvalue weighted by molar-refractivity contribution is 0.0935. The lowest BCUT2D eigenvalue weighted by atomic mass is 9.96. The van der Waals surface area contributed by atoms with Crippen LogP contribution >= 0.6 is 23.2 Å². The van der Waals surface area contributed by atoms with Crippen molar-refractivity contribution in [2.75, 3.05) is 19.6 Å². The summed E-state index contributed by atoms with van der Waals surface area (Å²) in [6.07, 6.45) is 5.89. The van der Waals surface area contributed by atoms with Gasteiger partial charge in [0.25, 0.3) is 5.91 Å². The summed E-state index contributed by atoms with van der Waals surface area (Å²) in [5.74, 6) is 0.410. The van der Waals surface area contributed by atoms with Crippen LogP contribution < -0.4 is 5.32 Å². The second-order valence-corrected chi connectivity index (χ2v) is 7.23. The Morgan fingerprint density at radius 3 is 2.68 bits per heavy atom. The van der Waals surface area contributed by atoms with Crippen LogP contribution in [0.1, 0.15) is 28.8 Å². The largest absolute Gasteiger partial charge is 0.352 e. The van der Waals surface area contributed by atoms with Gasteiger partial charge in [-0.1, -0.05) is 29.3 Å². The highest BCUT2D eigenvalue weighted by atomic mass is 35.5. The summed E-state index contributed by atoms with van der Waals surface area (Å²) in [5, 5.41) is 3.87. The van der Waals surface area contributed by atoms with Crippen molar-refractivity contribution in [1.29, 1.82) is 0 Å². The molecule has 0 spiro atoms. The van der Waals surface area contributed by atoms with Gasteiger partial charge >= 0.3 is 0 Å². The number of rotatable bonds is 5. The Bertz CT molecular complexity index is 716. The normalized spacial score (nSPS) is 15.9. The van der Waals surface area contributed by atoms with E-state index in [-0.39, 0.29) is 5.91 Å². The van der Waals surface area contributed by atoms with Gasteiger partial charge in [0.05, 0.1) is 10.0 Å². The fourth-order valence-corrected chi connectivity index (χ4v) is 3.37. The highest BCUT2D eigenvalue weighted by Crippen LogP contribution is 2.23. The number of likely N-dealkylation sites (tertiary alicyclic amines) is 1. The van der Waals surface area contributed by atoms with Crippen LogP contribution in [0.15, 0.2) is 42.7 Å². The molecule has 0 radical (unpaired) electrons. The van der Waals surface area contributed by atoms with Gasteiger partial charge in [-0.25, -0.2) is 0 Å². The number of benzene rings is 1. The van der Waals surface area contributed by atoms with E-state index in [2.05, 4.69) is 21.3 Å². The highest BCUT2D eigenvalue weighted by Gasteiger charge is 2.20. The monoisotopic (exact) mass is 377 g/mol. The van der Waals surface area contributed by atoms with Gasteiger partial charge in [0.1, 0.15) is 0 Å². The fourth-order valence-electron chi connectivity index (χ4n) is 3.07. The molecule has 1 saturated heterocycles. The van der Waals surface area contributed by atoms with Crippen LogP contribution in [0.5, 0.6) is 0 Å². The SMILES string of the molecule is O=C(NCC1CCN(Cc2cccnc2)CC1)c1ccc(Cl)c(Cl)c1. The third-order valence-corrected chi connectivity index (χ3v) is 5.31. The summed E-state index contributed by atoms with van der Waals surface area (Å²) in [4.78, 5) is 18.8. The van der Waals surface area contributed by atoms with Crippen LogP contribution in [0.25, 0.3) is 0 Å². The number of nitrogens with zero attached hydrogens (tertiary/aromatic N) is 2. The van der Waals surface area contributed by atoms with Crippen molar-refractivity contribution in [3.63, 3.8) is 0 Å². The number of piperidine rings is 1. The van der Waals surface area contributed by atoms with Gasteiger partial charge in [0.15, 0.2) is 0 Å². The summed E-state index contributed by atoms with van der Waals surface area (Å²) in [5.41, 5.74) is 1.79. The van der Waals surface area contributed by atoms with Crippen molar-refractivity contribution >= 4 is 29.1 Å². The van der Waals surface area contributed by atoms with E-state index in [0.717, 1.165) is 32.5 Å². The second-order valence-electron chi connectivity index (χ2n) is 6.42. The maximum Gasteiger partial charge on any atom is 0.251 e. The van der Waals surface area contributed by atoms with Crippen molar-refractivity contribution in [3.8, 4) is 0 Å². The van der Waals surface area contributed by atoms with Crippen LogP contribution in [0, 0.1) is 5.92 Å². The lowest BCUT2D eigenvalue weighted by Gasteiger charge is -2.32. The van der Waals surface area contributed by atoms with Gasteiger partial charge < -0.3 is 5.32 Å². The third-order valence-electron chi connectivity index (χ3n) is 4.57. The summed E-state index contributed by atoms with van der Waals surface area (Å²) in [6.45, 7) is 3.72. The molecule has 3 rings (SSSR count). The van der Waals surface area contributed by atoms with Crippen molar-refractivity contribution in [2.24, 2.45) is 5.92 Å². The minimum absolute atomic E-state index is 0.101. The molecule has 2 aromatic rings. The lowest BCUT2D eigenvalue weighted by Crippen LogP contribution is -2.38. The van der Waals surface area contributed by atoms with Gasteiger partial charge in [0.2, 0.25) is 0 Å². The quantitative estimate of drug-likeness (QED) is 0.855. The van der Waals surface area contributed by atoms with E-state index in [1.165, 1.54) is 5.56 Å². The van der Waals surface area contributed by atoms with E-state index in [1.807, 2.05) is 12.3 Å². The van der Waals surface area contributed by atoms with Crippen molar-refractivity contribution < 1.29 is 4.79 Å². The molecule has 6 heteroatoms. The zero-order chi connectivity index (χ0) is 17.6. The number of carbonyl (C=O) groups excluding carboxylic acids is 1. The Kier molecular flexibility index (Phi) is 6.29. The molecule has 0 atom stereocenters. The van der Waals surface area contributed by atoms with Crippen LogP contribution in [0.3, 0.4) is 0 Å². The number of aromatic nitrogens is 1. The molecule has 1 amide bonds. The maximum absolute atomic E-state index is 12.2. The van der Waals surface area contributed by atoms with Crippen molar-refractivity contribution in [1.82, 2.24) is 15.2 Å². The van der Waals surface area contributed by atoms with E-state index in [1.54, 1.807) is 24.4 Å². The Balaban J connectivity index is 1.43. The number of nitrogens with one attached hydrogen (secondary N) is 1. The average molecular weight is 378 g/mol. The first-order valence-electron chi connectivity index (χ1n) is 8.46. The first kappa shape index (κ1) is 18.2. The van der Waals surface area contributed by atoms with Crippen molar-refractivity contribution in [2.45, 2.75) is 19.4 Å². The molecule has 1 aliphatic rings. The topological polar surface area (TPSA) is 45.2 Å². The van der Waals surface area contributed by atoms with E-state index in [9.17, 15) is 4.79 Å². The first-order valence-corrected chi connectivity index (χ1v) is 9.22. The Morgan fingerprint density at radius 1 is 1.20 bits per heavy atom. The molecule has 1 aromatic heterocycles. The van der Waals surface area contributed by atoms with E-state index in [4.69, 9.17) is 23.2 Å². The molecule has 2 heterocycles. The molecule has 1 N–H and O–H groups in total. The standard InChI is InChI=1S/C19H21Cl2N3O/c20-17-4-3-16(10-18(17)21)19(25)23-12-14-5-8-24(9-6-14)13-15-2-1-7-22-11-15/h1-4,7,10-11,14H,5-6,8-9,12-13H2,(H,23,25). The van der Waals surface area contributed by atoms with Gasteiger partial charge in [-0.3, -0.25) is 14.7 Å². The van der Waals surface area contributed by atoms with Gasteiger partial charge in [-0.05, 0) is 61.7 Å². The van der Waals surface area contributed by atoms with Crippen LogP contribution in [-0.4, -0.2) is 35.4 Å². The number of halogens is 2. The minimum Gasteiger partial charge on any atom is -0.352 e. The van der Waals surface area contributed by atoms with E-state index < -0.39 is 0 Å². The molecule has 4 nitrogen and oxygen atoms in total. The van der Waals surface area contributed by atoms with Gasteiger partial charge in [-0.15, -0.1) is 0 Å². The molecule has 25 heavy (non-hydrogen) atoms. The summed E-state index contributed by atoms with van der Waals surface area (Å²) < 4.78 is 0. The smallest absolute Gasteiger partial charge is 0.251 e.